The van der Waals surface area contributed by atoms with Crippen molar-refractivity contribution in [3.8, 4) is 39.5 Å². The number of amides is 4. The fourth-order valence-electron chi connectivity index (χ4n) is 12.2. The van der Waals surface area contributed by atoms with Crippen molar-refractivity contribution in [2.24, 2.45) is 11.8 Å². The van der Waals surface area contributed by atoms with Crippen molar-refractivity contribution in [1.82, 2.24) is 44.9 Å². The molecule has 2 saturated carbocycles. The maximum atomic E-state index is 14.3. The summed E-state index contributed by atoms with van der Waals surface area (Å²) in [6.07, 6.45) is 15.4. The molecule has 5 atom stereocenters. The predicted octanol–water partition coefficient (Wildman–Crippen LogP) is 9.96. The zero-order valence-corrected chi connectivity index (χ0v) is 40.5. The van der Waals surface area contributed by atoms with Gasteiger partial charge in [0.05, 0.1) is 61.3 Å². The molecule has 3 aromatic carbocycles. The number of aromatic nitrogens is 5. The molecule has 11 rings (SSSR count). The maximum absolute atomic E-state index is 14.3. The summed E-state index contributed by atoms with van der Waals surface area (Å²) in [7, 11) is 2.67. The SMILES string of the molecule is COC(=O)N[C@H](C(=O)N1CCC[C@H]1c1ncc(-c2ccc3c(c2)O[C@@H](c2ccccc2)n2c-3cc3cc(-c4cnc([C@@H]5CCCN5C(=O)[C@@H](NC(=O)OC)C5CCCCC5)[nH]4)ccc32)[nH]1)C1CCCCC1. The van der Waals surface area contributed by atoms with Gasteiger partial charge in [0.25, 0.3) is 0 Å². The predicted molar refractivity (Wildman–Crippen MR) is 267 cm³/mol. The smallest absolute Gasteiger partial charge is 0.407 e. The molecule has 0 radical (unpaired) electrons. The summed E-state index contributed by atoms with van der Waals surface area (Å²) >= 11 is 0. The summed E-state index contributed by atoms with van der Waals surface area (Å²) in [5.74, 6) is 2.20. The number of aromatic amines is 2. The summed E-state index contributed by atoms with van der Waals surface area (Å²) in [5, 5.41) is 6.83. The number of nitrogens with zero attached hydrogens (tertiary/aromatic N) is 5. The number of ether oxygens (including phenoxy) is 3. The number of H-pyrrole nitrogens is 2. The van der Waals surface area contributed by atoms with E-state index in [4.69, 9.17) is 24.2 Å². The molecule has 4 N–H and O–H groups in total. The third kappa shape index (κ3) is 9.01. The van der Waals surface area contributed by atoms with E-state index in [-0.39, 0.29) is 35.7 Å². The van der Waals surface area contributed by atoms with Crippen LogP contribution in [0.3, 0.4) is 0 Å². The lowest BCUT2D eigenvalue weighted by Gasteiger charge is -2.34. The average Bonchev–Trinajstić information content (AvgIpc) is 4.29. The number of fused-ring (bicyclic) bond motifs is 5. The molecule has 6 heterocycles. The number of rotatable bonds is 11. The van der Waals surface area contributed by atoms with E-state index < -0.39 is 30.5 Å². The molecule has 0 spiro atoms. The van der Waals surface area contributed by atoms with Gasteiger partial charge in [-0.25, -0.2) is 19.6 Å². The monoisotopic (exact) mass is 961 g/mol. The first kappa shape index (κ1) is 46.3. The van der Waals surface area contributed by atoms with Gasteiger partial charge in [-0.05, 0) is 93.5 Å². The summed E-state index contributed by atoms with van der Waals surface area (Å²) < 4.78 is 19.2. The molecular formula is C55H63N9O7. The molecule has 6 aromatic rings. The summed E-state index contributed by atoms with van der Waals surface area (Å²) in [4.78, 5) is 74.1. The molecule has 4 amide bonds. The van der Waals surface area contributed by atoms with Gasteiger partial charge in [0.1, 0.15) is 29.5 Å². The Kier molecular flexibility index (Phi) is 13.0. The van der Waals surface area contributed by atoms with E-state index in [1.807, 2.05) is 40.4 Å². The molecule has 16 nitrogen and oxygen atoms in total. The van der Waals surface area contributed by atoms with Crippen molar-refractivity contribution in [2.75, 3.05) is 27.3 Å². The van der Waals surface area contributed by atoms with Gasteiger partial charge < -0.3 is 49.2 Å². The van der Waals surface area contributed by atoms with Crippen LogP contribution in [0.4, 0.5) is 9.59 Å². The Labute approximate surface area is 413 Å². The number of hydrogen-bond donors (Lipinski definition) is 4. The number of likely N-dealkylation sites (tertiary alicyclic amines) is 2. The van der Waals surface area contributed by atoms with Gasteiger partial charge in [-0.2, -0.15) is 0 Å². The van der Waals surface area contributed by atoms with E-state index in [0.29, 0.717) is 13.1 Å². The Balaban J connectivity index is 0.862. The van der Waals surface area contributed by atoms with Crippen molar-refractivity contribution in [3.05, 3.63) is 102 Å². The molecule has 0 unspecified atom stereocenters. The minimum atomic E-state index is -0.635. The molecular weight excluding hydrogens is 899 g/mol. The standard InChI is InChI=1S/C55H63N9O7/c1-69-54(67)60-47(33-14-6-3-7-15-33)51(65)62-26-12-20-43(62)49-56-31-40(58-49)36-23-25-42-38(28-36)29-45-39-24-22-37(30-46(39)71-53(64(42)45)35-18-10-5-11-19-35)41-32-57-50(59-41)44-21-13-27-63(44)52(66)48(61-55(68)70-2)34-16-8-4-9-17-34/h5,10-11,18-19,22-25,28-34,43-44,47-48,53H,3-4,6-9,12-17,20-21,26-27H2,1-2H3,(H,56,58)(H,57,59)(H,60,67)(H,61,68)/t43-,44-,47-,48-,53-/m0/s1. The van der Waals surface area contributed by atoms with Crippen LogP contribution in [-0.2, 0) is 19.1 Å². The average molecular weight is 962 g/mol. The Morgan fingerprint density at radius 1 is 0.634 bits per heavy atom. The minimum absolute atomic E-state index is 0.0698. The van der Waals surface area contributed by atoms with Crippen LogP contribution in [0.1, 0.15) is 125 Å². The number of alkyl carbamates (subject to hydrolysis) is 2. The lowest BCUT2D eigenvalue weighted by Crippen LogP contribution is -2.52. The molecule has 71 heavy (non-hydrogen) atoms. The second-order valence-corrected chi connectivity index (χ2v) is 20.0. The third-order valence-electron chi connectivity index (χ3n) is 15.9. The van der Waals surface area contributed by atoms with Crippen LogP contribution in [0.5, 0.6) is 5.75 Å². The number of nitrogens with one attached hydrogen (secondary N) is 4. The van der Waals surface area contributed by atoms with Gasteiger partial charge in [0.2, 0.25) is 18.0 Å². The Bertz CT molecular complexity index is 2910. The van der Waals surface area contributed by atoms with Crippen molar-refractivity contribution in [1.29, 1.82) is 0 Å². The number of carbonyl (C=O) groups is 4. The zero-order valence-electron chi connectivity index (χ0n) is 40.5. The van der Waals surface area contributed by atoms with Crippen molar-refractivity contribution >= 4 is 34.9 Å². The Hall–Kier alpha value is -7.10. The van der Waals surface area contributed by atoms with Gasteiger partial charge in [-0.1, -0.05) is 81.0 Å². The fraction of sp³-hybridized carbons (Fsp3) is 0.455. The van der Waals surface area contributed by atoms with Gasteiger partial charge in [-0.3, -0.25) is 9.59 Å². The highest BCUT2D eigenvalue weighted by atomic mass is 16.5. The van der Waals surface area contributed by atoms with E-state index in [1.54, 1.807) is 0 Å². The first-order chi connectivity index (χ1) is 34.8. The van der Waals surface area contributed by atoms with Crippen molar-refractivity contribution < 1.29 is 33.4 Å². The van der Waals surface area contributed by atoms with Crippen molar-refractivity contribution in [2.45, 2.75) is 120 Å². The topological polar surface area (TPSA) is 189 Å². The molecule has 0 bridgehead atoms. The van der Waals surface area contributed by atoms with Crippen molar-refractivity contribution in [3.63, 3.8) is 0 Å². The summed E-state index contributed by atoms with van der Waals surface area (Å²) in [5.41, 5.74) is 7.57. The van der Waals surface area contributed by atoms with Crippen LogP contribution in [0.15, 0.2) is 85.2 Å². The zero-order chi connectivity index (χ0) is 48.6. The number of imidazole rings is 2. The summed E-state index contributed by atoms with van der Waals surface area (Å²) in [6, 6.07) is 23.4. The first-order valence-electron chi connectivity index (χ1n) is 25.7. The largest absolute Gasteiger partial charge is 0.465 e. The van der Waals surface area contributed by atoms with E-state index in [0.717, 1.165) is 158 Å². The lowest BCUT2D eigenvalue weighted by molar-refractivity contribution is -0.136. The highest BCUT2D eigenvalue weighted by molar-refractivity contribution is 5.93. The molecule has 4 fully saturated rings. The Morgan fingerprint density at radius 3 is 1.72 bits per heavy atom. The van der Waals surface area contributed by atoms with Crippen LogP contribution in [0, 0.1) is 11.8 Å². The van der Waals surface area contributed by atoms with Crippen LogP contribution in [0.25, 0.3) is 44.7 Å². The molecule has 2 aliphatic carbocycles. The van der Waals surface area contributed by atoms with Crippen LogP contribution in [-0.4, -0.2) is 97.7 Å². The first-order valence-corrected chi connectivity index (χ1v) is 25.7. The number of carbonyl (C=O) groups excluding carboxylic acids is 4. The third-order valence-corrected chi connectivity index (χ3v) is 15.9. The van der Waals surface area contributed by atoms with E-state index >= 15 is 0 Å². The van der Waals surface area contributed by atoms with Crippen LogP contribution >= 0.6 is 0 Å². The number of benzene rings is 3. The van der Waals surface area contributed by atoms with Gasteiger partial charge >= 0.3 is 12.2 Å². The second-order valence-electron chi connectivity index (χ2n) is 20.0. The van der Waals surface area contributed by atoms with E-state index in [9.17, 15) is 19.2 Å². The normalized spacial score (nSPS) is 21.2. The lowest BCUT2D eigenvalue weighted by atomic mass is 9.83. The molecule has 16 heteroatoms. The molecule has 5 aliphatic rings. The summed E-state index contributed by atoms with van der Waals surface area (Å²) in [6.45, 7) is 1.20. The Morgan fingerprint density at radius 2 is 1.17 bits per heavy atom. The maximum Gasteiger partial charge on any atom is 0.407 e. The van der Waals surface area contributed by atoms with Crippen LogP contribution in [0.2, 0.25) is 0 Å². The van der Waals surface area contributed by atoms with Gasteiger partial charge in [0.15, 0.2) is 0 Å². The highest BCUT2D eigenvalue weighted by Crippen LogP contribution is 2.46. The molecule has 3 aliphatic heterocycles. The van der Waals surface area contributed by atoms with E-state index in [2.05, 4.69) is 79.8 Å². The minimum Gasteiger partial charge on any atom is -0.465 e. The van der Waals surface area contributed by atoms with E-state index in [1.165, 1.54) is 14.2 Å². The fourth-order valence-corrected chi connectivity index (χ4v) is 12.2. The highest BCUT2D eigenvalue weighted by Gasteiger charge is 2.42. The molecule has 2 saturated heterocycles. The number of methoxy groups -OCH3 is 2. The quantitative estimate of drug-likeness (QED) is 0.0980. The second kappa shape index (κ2) is 20.0. The molecule has 370 valence electrons. The number of hydrogen-bond acceptors (Lipinski definition) is 9. The van der Waals surface area contributed by atoms with Gasteiger partial charge in [0, 0.05) is 40.7 Å². The molecule has 3 aromatic heterocycles. The van der Waals surface area contributed by atoms with Crippen LogP contribution < -0.4 is 15.4 Å². The van der Waals surface area contributed by atoms with Gasteiger partial charge in [-0.15, -0.1) is 0 Å².